The first-order valence-electron chi connectivity index (χ1n) is 9.88. The zero-order valence-electron chi connectivity index (χ0n) is 18.4. The Morgan fingerprint density at radius 3 is 1.97 bits per heavy atom. The average Bonchev–Trinajstić information content (AvgIpc) is 2.70. The average molecular weight is 467 g/mol. The largest absolute Gasteiger partial charge is 0.508 e. The van der Waals surface area contributed by atoms with E-state index in [1.54, 1.807) is 0 Å². The van der Waals surface area contributed by atoms with E-state index in [1.165, 1.54) is 31.2 Å². The van der Waals surface area contributed by atoms with Crippen LogP contribution in [0.15, 0.2) is 24.3 Å². The molecule has 0 saturated carbocycles. The molecule has 0 bridgehead atoms. The molecule has 1 aromatic carbocycles. The van der Waals surface area contributed by atoms with Crippen molar-refractivity contribution in [2.24, 2.45) is 0 Å². The van der Waals surface area contributed by atoms with Crippen LogP contribution in [0.5, 0.6) is 5.75 Å². The lowest BCUT2D eigenvalue weighted by molar-refractivity contribution is -0.263. The first-order chi connectivity index (χ1) is 15.5. The Morgan fingerprint density at radius 2 is 1.45 bits per heavy atom. The monoisotopic (exact) mass is 467 g/mol. The summed E-state index contributed by atoms with van der Waals surface area (Å²) in [5, 5.41) is 11.9. The van der Waals surface area contributed by atoms with E-state index in [0.717, 1.165) is 20.8 Å². The van der Waals surface area contributed by atoms with Gasteiger partial charge in [-0.15, -0.1) is 0 Å². The second-order valence-corrected chi connectivity index (χ2v) is 7.17. The minimum atomic E-state index is -1.52. The summed E-state index contributed by atoms with van der Waals surface area (Å²) >= 11 is 0. The predicted molar refractivity (Wildman–Crippen MR) is 108 cm³/mol. The summed E-state index contributed by atoms with van der Waals surface area (Å²) in [7, 11) is 0. The molecular weight excluding hydrogens is 442 g/mol. The van der Waals surface area contributed by atoms with Gasteiger partial charge in [0, 0.05) is 27.7 Å². The van der Waals surface area contributed by atoms with Crippen LogP contribution in [0, 0.1) is 0 Å². The van der Waals surface area contributed by atoms with Gasteiger partial charge in [-0.3, -0.25) is 19.2 Å². The molecule has 1 aromatic rings. The fourth-order valence-corrected chi connectivity index (χ4v) is 3.16. The Balaban J connectivity index is 2.42. The van der Waals surface area contributed by atoms with Gasteiger partial charge >= 0.3 is 23.9 Å². The number of carbonyl (C=O) groups excluding carboxylic acids is 5. The number of esters is 4. The van der Waals surface area contributed by atoms with E-state index in [4.69, 9.17) is 23.7 Å². The zero-order valence-corrected chi connectivity index (χ0v) is 18.4. The van der Waals surface area contributed by atoms with Crippen LogP contribution in [0.4, 0.5) is 0 Å². The third kappa shape index (κ3) is 7.45. The number of aromatic hydroxyl groups is 1. The molecule has 0 spiro atoms. The molecule has 12 heteroatoms. The third-order valence-electron chi connectivity index (χ3n) is 4.40. The van der Waals surface area contributed by atoms with Crippen LogP contribution >= 0.6 is 0 Å². The Hall–Kier alpha value is -3.67. The Morgan fingerprint density at radius 1 is 0.879 bits per heavy atom. The summed E-state index contributed by atoms with van der Waals surface area (Å²) in [5.74, 6) is -3.72. The van der Waals surface area contributed by atoms with Crippen molar-refractivity contribution in [3.05, 3.63) is 29.8 Å². The van der Waals surface area contributed by atoms with E-state index in [9.17, 15) is 29.1 Å². The number of carbonyl (C=O) groups is 5. The summed E-state index contributed by atoms with van der Waals surface area (Å²) in [6.07, 6.45) is -5.37. The maximum atomic E-state index is 12.6. The summed E-state index contributed by atoms with van der Waals surface area (Å²) < 4.78 is 26.7. The van der Waals surface area contributed by atoms with Crippen molar-refractivity contribution in [2.75, 3.05) is 6.61 Å². The quantitative estimate of drug-likeness (QED) is 0.416. The lowest BCUT2D eigenvalue weighted by atomic mass is 9.96. The van der Waals surface area contributed by atoms with Crippen LogP contribution in [-0.4, -0.2) is 72.1 Å². The highest BCUT2D eigenvalue weighted by Gasteiger charge is 2.52. The third-order valence-corrected chi connectivity index (χ3v) is 4.40. The molecule has 2 N–H and O–H groups in total. The standard InChI is InChI=1S/C21H25NO11/c1-10(23)22-17-19(31-13(4)26)18(30-12(3)25)16(9-29-11(2)24)32-21(17)33-20(28)14-5-7-15(27)8-6-14/h5-8,16-19,21,27H,9H2,1-4H3,(H,22,23)/t16-,17+,18+,19+,21+/m1/s1. The molecule has 1 saturated heterocycles. The highest BCUT2D eigenvalue weighted by Crippen LogP contribution is 2.28. The number of nitrogens with one attached hydrogen (secondary N) is 1. The minimum Gasteiger partial charge on any atom is -0.508 e. The highest BCUT2D eigenvalue weighted by molar-refractivity contribution is 5.89. The molecule has 2 rings (SSSR count). The van der Waals surface area contributed by atoms with Crippen LogP contribution < -0.4 is 5.32 Å². The van der Waals surface area contributed by atoms with Crippen LogP contribution in [0.3, 0.4) is 0 Å². The van der Waals surface area contributed by atoms with Gasteiger partial charge in [0.05, 0.1) is 5.56 Å². The smallest absolute Gasteiger partial charge is 0.340 e. The van der Waals surface area contributed by atoms with Gasteiger partial charge in [0.15, 0.2) is 12.2 Å². The number of phenolic OH excluding ortho intramolecular Hbond substituents is 1. The van der Waals surface area contributed by atoms with E-state index < -0.39 is 67.0 Å². The molecule has 5 atom stereocenters. The molecule has 1 heterocycles. The number of hydrogen-bond acceptors (Lipinski definition) is 11. The van der Waals surface area contributed by atoms with Gasteiger partial charge in [0.2, 0.25) is 12.2 Å². The number of phenols is 1. The molecule has 1 amide bonds. The maximum Gasteiger partial charge on any atom is 0.340 e. The van der Waals surface area contributed by atoms with E-state index in [-0.39, 0.29) is 11.3 Å². The second-order valence-electron chi connectivity index (χ2n) is 7.17. The van der Waals surface area contributed by atoms with Gasteiger partial charge < -0.3 is 34.1 Å². The number of ether oxygens (including phenoxy) is 5. The van der Waals surface area contributed by atoms with E-state index in [2.05, 4.69) is 5.32 Å². The van der Waals surface area contributed by atoms with Crippen LogP contribution in [-0.2, 0) is 42.9 Å². The molecular formula is C21H25NO11. The highest BCUT2D eigenvalue weighted by atomic mass is 16.7. The fourth-order valence-electron chi connectivity index (χ4n) is 3.16. The first-order valence-corrected chi connectivity index (χ1v) is 9.88. The Labute approximate surface area is 189 Å². The second kappa shape index (κ2) is 11.3. The number of amides is 1. The van der Waals surface area contributed by atoms with Crippen molar-refractivity contribution in [3.63, 3.8) is 0 Å². The van der Waals surface area contributed by atoms with Gasteiger partial charge in [0.1, 0.15) is 24.5 Å². The fraction of sp³-hybridized carbons (Fsp3) is 0.476. The Kier molecular flexibility index (Phi) is 8.74. The van der Waals surface area contributed by atoms with Crippen molar-refractivity contribution in [1.82, 2.24) is 5.32 Å². The van der Waals surface area contributed by atoms with Crippen molar-refractivity contribution >= 4 is 29.8 Å². The molecule has 1 aliphatic rings. The number of hydrogen-bond donors (Lipinski definition) is 2. The van der Waals surface area contributed by atoms with Crippen molar-refractivity contribution < 1.29 is 52.8 Å². The van der Waals surface area contributed by atoms with Crippen LogP contribution in [0.1, 0.15) is 38.1 Å². The van der Waals surface area contributed by atoms with E-state index in [0.29, 0.717) is 0 Å². The molecule has 180 valence electrons. The molecule has 0 radical (unpaired) electrons. The van der Waals surface area contributed by atoms with Crippen LogP contribution in [0.2, 0.25) is 0 Å². The summed E-state index contributed by atoms with van der Waals surface area (Å²) in [6.45, 7) is 4.11. The first kappa shape index (κ1) is 25.6. The molecule has 1 fully saturated rings. The lowest BCUT2D eigenvalue weighted by Crippen LogP contribution is -2.66. The van der Waals surface area contributed by atoms with Crippen LogP contribution in [0.25, 0.3) is 0 Å². The van der Waals surface area contributed by atoms with Crippen molar-refractivity contribution in [2.45, 2.75) is 58.3 Å². The number of benzene rings is 1. The predicted octanol–water partition coefficient (Wildman–Crippen LogP) is 0.205. The molecule has 12 nitrogen and oxygen atoms in total. The Bertz CT molecular complexity index is 898. The summed E-state index contributed by atoms with van der Waals surface area (Å²) in [4.78, 5) is 59.3. The molecule has 0 unspecified atom stereocenters. The topological polar surface area (TPSA) is 164 Å². The SMILES string of the molecule is CC(=O)N[C@@H]1[C@H](OC(=O)c2ccc(O)cc2)O[C@H](COC(C)=O)[C@H](OC(C)=O)[C@H]1OC(C)=O. The summed E-state index contributed by atoms with van der Waals surface area (Å²) in [6, 6.07) is 3.87. The molecule has 0 aromatic heterocycles. The summed E-state index contributed by atoms with van der Waals surface area (Å²) in [5.41, 5.74) is 0.0562. The lowest BCUT2D eigenvalue weighted by Gasteiger charge is -2.44. The van der Waals surface area contributed by atoms with Crippen molar-refractivity contribution in [3.8, 4) is 5.75 Å². The molecule has 33 heavy (non-hydrogen) atoms. The zero-order chi connectivity index (χ0) is 24.7. The van der Waals surface area contributed by atoms with E-state index >= 15 is 0 Å². The maximum absolute atomic E-state index is 12.6. The van der Waals surface area contributed by atoms with Gasteiger partial charge in [-0.05, 0) is 24.3 Å². The van der Waals surface area contributed by atoms with Crippen molar-refractivity contribution in [1.29, 1.82) is 0 Å². The van der Waals surface area contributed by atoms with Gasteiger partial charge in [0.25, 0.3) is 0 Å². The molecule has 0 aliphatic carbocycles. The van der Waals surface area contributed by atoms with Gasteiger partial charge in [-0.1, -0.05) is 0 Å². The van der Waals surface area contributed by atoms with Gasteiger partial charge in [-0.2, -0.15) is 0 Å². The van der Waals surface area contributed by atoms with Gasteiger partial charge in [-0.25, -0.2) is 4.79 Å². The number of rotatable bonds is 7. The van der Waals surface area contributed by atoms with E-state index in [1.807, 2.05) is 0 Å². The minimum absolute atomic E-state index is 0.0562. The normalized spacial score (nSPS) is 24.2. The molecule has 1 aliphatic heterocycles.